The molecule has 0 atom stereocenters. The highest BCUT2D eigenvalue weighted by atomic mass is 35.5. The van der Waals surface area contributed by atoms with Crippen molar-refractivity contribution in [1.82, 2.24) is 5.32 Å². The quantitative estimate of drug-likeness (QED) is 0.468. The highest BCUT2D eigenvalue weighted by molar-refractivity contribution is 8.00. The molecule has 0 aliphatic carbocycles. The van der Waals surface area contributed by atoms with E-state index in [1.54, 1.807) is 6.07 Å². The first-order valence-electron chi connectivity index (χ1n) is 6.39. The lowest BCUT2D eigenvalue weighted by atomic mass is 10.1. The summed E-state index contributed by atoms with van der Waals surface area (Å²) in [6, 6.07) is 1.75. The number of halogens is 2. The van der Waals surface area contributed by atoms with E-state index in [-0.39, 0.29) is 11.7 Å². The van der Waals surface area contributed by atoms with E-state index < -0.39 is 0 Å². The average Bonchev–Trinajstić information content (AvgIpc) is 2.41. The summed E-state index contributed by atoms with van der Waals surface area (Å²) < 4.78 is 4.65. The first kappa shape index (κ1) is 17.6. The van der Waals surface area contributed by atoms with Crippen LogP contribution in [0.25, 0.3) is 0 Å². The van der Waals surface area contributed by atoms with Crippen molar-refractivity contribution < 1.29 is 9.53 Å². The number of rotatable bonds is 7. The average molecular weight is 336 g/mol. The largest absolute Gasteiger partial charge is 0.468 e. The molecule has 0 spiro atoms. The van der Waals surface area contributed by atoms with E-state index >= 15 is 0 Å². The Kier molecular flexibility index (Phi) is 7.74. The number of nitrogens with one attached hydrogen (secondary N) is 1. The first-order chi connectivity index (χ1) is 9.51. The molecule has 1 N–H and O–H groups in total. The second-order valence-corrected chi connectivity index (χ2v) is 6.04. The molecule has 20 heavy (non-hydrogen) atoms. The maximum atomic E-state index is 11.2. The smallest absolute Gasteiger partial charge is 0.315 e. The molecule has 6 heteroatoms. The zero-order valence-electron chi connectivity index (χ0n) is 11.9. The van der Waals surface area contributed by atoms with Crippen molar-refractivity contribution in [3.63, 3.8) is 0 Å². The minimum atomic E-state index is -0.269. The van der Waals surface area contributed by atoms with E-state index in [4.69, 9.17) is 23.2 Å². The van der Waals surface area contributed by atoms with Crippen LogP contribution in [0.15, 0.2) is 11.0 Å². The second-order valence-electron chi connectivity index (χ2n) is 4.24. The standard InChI is InChI=1S/C14H19Cl2NO2S/c1-4-17-6-5-10-9(2)14(12(16)7-11(10)15)20-8-13(18)19-3/h7,17H,4-6,8H2,1-3H3. The molecule has 0 heterocycles. The van der Waals surface area contributed by atoms with E-state index in [9.17, 15) is 4.79 Å². The maximum absolute atomic E-state index is 11.2. The Bertz CT molecular complexity index is 481. The molecule has 1 aromatic rings. The van der Waals surface area contributed by atoms with Crippen LogP contribution in [-0.2, 0) is 16.0 Å². The number of hydrogen-bond donors (Lipinski definition) is 1. The lowest BCUT2D eigenvalue weighted by Crippen LogP contribution is -2.17. The Labute approximate surface area is 134 Å². The predicted molar refractivity (Wildman–Crippen MR) is 86.2 cm³/mol. The second kappa shape index (κ2) is 8.78. The van der Waals surface area contributed by atoms with E-state index in [0.717, 1.165) is 35.5 Å². The number of likely N-dealkylation sites (N-methyl/N-ethyl adjacent to an activating group) is 1. The molecule has 112 valence electrons. The summed E-state index contributed by atoms with van der Waals surface area (Å²) in [4.78, 5) is 12.1. The zero-order valence-corrected chi connectivity index (χ0v) is 14.2. The fourth-order valence-corrected chi connectivity index (χ4v) is 3.56. The Morgan fingerprint density at radius 2 is 2.10 bits per heavy atom. The number of benzene rings is 1. The van der Waals surface area contributed by atoms with Gasteiger partial charge in [-0.05, 0) is 43.6 Å². The Morgan fingerprint density at radius 1 is 1.40 bits per heavy atom. The third-order valence-corrected chi connectivity index (χ3v) is 4.86. The first-order valence-corrected chi connectivity index (χ1v) is 8.13. The maximum Gasteiger partial charge on any atom is 0.315 e. The minimum absolute atomic E-state index is 0.241. The highest BCUT2D eigenvalue weighted by Gasteiger charge is 2.15. The number of ether oxygens (including phenoxy) is 1. The third-order valence-electron chi connectivity index (χ3n) is 2.92. The number of methoxy groups -OCH3 is 1. The zero-order chi connectivity index (χ0) is 15.1. The van der Waals surface area contributed by atoms with Crippen molar-refractivity contribution >= 4 is 40.9 Å². The number of thioether (sulfide) groups is 1. The van der Waals surface area contributed by atoms with Gasteiger partial charge in [0.05, 0.1) is 17.9 Å². The van der Waals surface area contributed by atoms with Crippen molar-refractivity contribution in [3.05, 3.63) is 27.2 Å². The fourth-order valence-electron chi connectivity index (χ4n) is 1.82. The van der Waals surface area contributed by atoms with Gasteiger partial charge in [-0.15, -0.1) is 11.8 Å². The highest BCUT2D eigenvalue weighted by Crippen LogP contribution is 2.36. The Balaban J connectivity index is 2.93. The number of hydrogen-bond acceptors (Lipinski definition) is 4. The van der Waals surface area contributed by atoms with Crippen molar-refractivity contribution in [2.45, 2.75) is 25.2 Å². The van der Waals surface area contributed by atoms with Gasteiger partial charge in [-0.25, -0.2) is 0 Å². The summed E-state index contributed by atoms with van der Waals surface area (Å²) in [7, 11) is 1.38. The molecule has 0 bridgehead atoms. The minimum Gasteiger partial charge on any atom is -0.468 e. The van der Waals surface area contributed by atoms with E-state index in [0.29, 0.717) is 10.0 Å². The predicted octanol–water partition coefficient (Wildman–Crippen LogP) is 3.72. The van der Waals surface area contributed by atoms with Crippen molar-refractivity contribution in [2.24, 2.45) is 0 Å². The van der Waals surface area contributed by atoms with Crippen molar-refractivity contribution in [2.75, 3.05) is 26.0 Å². The number of carbonyl (C=O) groups excluding carboxylic acids is 1. The molecule has 0 unspecified atom stereocenters. The van der Waals surface area contributed by atoms with Crippen LogP contribution in [0.5, 0.6) is 0 Å². The van der Waals surface area contributed by atoms with Crippen LogP contribution in [0.2, 0.25) is 10.0 Å². The fraction of sp³-hybridized carbons (Fsp3) is 0.500. The lowest BCUT2D eigenvalue weighted by Gasteiger charge is -2.15. The van der Waals surface area contributed by atoms with Gasteiger partial charge in [-0.2, -0.15) is 0 Å². The van der Waals surface area contributed by atoms with Crippen LogP contribution >= 0.6 is 35.0 Å². The molecule has 0 fully saturated rings. The topological polar surface area (TPSA) is 38.3 Å². The van der Waals surface area contributed by atoms with Gasteiger partial charge < -0.3 is 10.1 Å². The molecule has 1 rings (SSSR count). The summed E-state index contributed by atoms with van der Waals surface area (Å²) in [6.45, 7) is 5.83. The van der Waals surface area contributed by atoms with Gasteiger partial charge in [0.15, 0.2) is 0 Å². The van der Waals surface area contributed by atoms with E-state index in [1.807, 2.05) is 6.92 Å². The van der Waals surface area contributed by atoms with E-state index in [1.165, 1.54) is 18.9 Å². The van der Waals surface area contributed by atoms with Crippen molar-refractivity contribution in [3.8, 4) is 0 Å². The molecule has 0 aliphatic rings. The normalized spacial score (nSPS) is 10.7. The lowest BCUT2D eigenvalue weighted by molar-refractivity contribution is -0.137. The van der Waals surface area contributed by atoms with Crippen LogP contribution in [-0.4, -0.2) is 31.9 Å². The molecule has 0 aromatic heterocycles. The van der Waals surface area contributed by atoms with E-state index in [2.05, 4.69) is 17.0 Å². The van der Waals surface area contributed by atoms with Gasteiger partial charge in [0, 0.05) is 9.92 Å². The molecule has 0 saturated heterocycles. The Morgan fingerprint density at radius 3 is 2.70 bits per heavy atom. The molecule has 0 amide bonds. The summed E-state index contributed by atoms with van der Waals surface area (Å²) in [5.41, 5.74) is 2.11. The van der Waals surface area contributed by atoms with Gasteiger partial charge >= 0.3 is 5.97 Å². The van der Waals surface area contributed by atoms with Crippen LogP contribution in [0, 0.1) is 6.92 Å². The number of esters is 1. The van der Waals surface area contributed by atoms with Crippen LogP contribution < -0.4 is 5.32 Å². The van der Waals surface area contributed by atoms with Gasteiger partial charge in [0.25, 0.3) is 0 Å². The molecular weight excluding hydrogens is 317 g/mol. The van der Waals surface area contributed by atoms with Crippen LogP contribution in [0.4, 0.5) is 0 Å². The summed E-state index contributed by atoms with van der Waals surface area (Å²) >= 11 is 13.9. The SMILES string of the molecule is CCNCCc1c(Cl)cc(Cl)c(SCC(=O)OC)c1C. The molecular formula is C14H19Cl2NO2S. The van der Waals surface area contributed by atoms with Gasteiger partial charge in [0.2, 0.25) is 0 Å². The van der Waals surface area contributed by atoms with Crippen LogP contribution in [0.3, 0.4) is 0 Å². The van der Waals surface area contributed by atoms with Crippen molar-refractivity contribution in [1.29, 1.82) is 0 Å². The monoisotopic (exact) mass is 335 g/mol. The number of carbonyl (C=O) groups is 1. The van der Waals surface area contributed by atoms with Gasteiger partial charge in [-0.1, -0.05) is 30.1 Å². The molecule has 1 aromatic carbocycles. The van der Waals surface area contributed by atoms with Crippen LogP contribution in [0.1, 0.15) is 18.1 Å². The molecule has 0 saturated carbocycles. The summed E-state index contributed by atoms with van der Waals surface area (Å²) in [5.74, 6) is -0.0275. The summed E-state index contributed by atoms with van der Waals surface area (Å²) in [5, 5.41) is 4.52. The van der Waals surface area contributed by atoms with Gasteiger partial charge in [-0.3, -0.25) is 4.79 Å². The molecule has 0 aliphatic heterocycles. The Hall–Kier alpha value is -0.420. The van der Waals surface area contributed by atoms with Gasteiger partial charge in [0.1, 0.15) is 0 Å². The third kappa shape index (κ3) is 4.85. The molecule has 0 radical (unpaired) electrons. The summed E-state index contributed by atoms with van der Waals surface area (Å²) in [6.07, 6.45) is 0.835. The molecule has 3 nitrogen and oxygen atoms in total.